The Morgan fingerprint density at radius 3 is 2.74 bits per heavy atom. The number of nitrogens with zero attached hydrogens (tertiary/aromatic N) is 1. The van der Waals surface area contributed by atoms with Crippen LogP contribution in [0.15, 0.2) is 30.3 Å². The highest BCUT2D eigenvalue weighted by molar-refractivity contribution is 7.89. The maximum Gasteiger partial charge on any atom is 0.213 e. The number of rotatable bonds is 5. The number of piperidine rings is 1. The molecule has 0 aliphatic carbocycles. The summed E-state index contributed by atoms with van der Waals surface area (Å²) < 4.78 is 31.0. The molecular formula is C14H21NO3S. The fourth-order valence-electron chi connectivity index (χ4n) is 2.33. The number of para-hydroxylation sites is 1. The number of sulfonamides is 1. The average Bonchev–Trinajstić information content (AvgIpc) is 2.46. The van der Waals surface area contributed by atoms with E-state index < -0.39 is 10.0 Å². The van der Waals surface area contributed by atoms with Crippen molar-refractivity contribution in [2.24, 2.45) is 5.92 Å². The summed E-state index contributed by atoms with van der Waals surface area (Å²) in [5.74, 6) is 1.31. The fraction of sp³-hybridized carbons (Fsp3) is 0.571. The van der Waals surface area contributed by atoms with Crippen molar-refractivity contribution in [1.29, 1.82) is 0 Å². The minimum atomic E-state index is -3.06. The van der Waals surface area contributed by atoms with Gasteiger partial charge in [-0.3, -0.25) is 0 Å². The van der Waals surface area contributed by atoms with E-state index in [1.807, 2.05) is 30.3 Å². The van der Waals surface area contributed by atoms with E-state index >= 15 is 0 Å². The molecule has 1 aromatic carbocycles. The van der Waals surface area contributed by atoms with Crippen molar-refractivity contribution < 1.29 is 13.2 Å². The Morgan fingerprint density at radius 1 is 1.32 bits per heavy atom. The third kappa shape index (κ3) is 3.94. The highest BCUT2D eigenvalue weighted by Gasteiger charge is 2.27. The van der Waals surface area contributed by atoms with Crippen molar-refractivity contribution in [2.75, 3.05) is 25.4 Å². The standard InChI is InChI=1S/C14H21NO3S/c1-2-19(16,17)15-10-6-7-13(11-15)12-18-14-8-4-3-5-9-14/h3-5,8-9,13H,2,6-7,10-12H2,1H3/t13-/m0/s1. The first-order valence-electron chi connectivity index (χ1n) is 6.77. The minimum absolute atomic E-state index is 0.180. The summed E-state index contributed by atoms with van der Waals surface area (Å²) in [5.41, 5.74) is 0. The van der Waals surface area contributed by atoms with Crippen LogP contribution in [0.1, 0.15) is 19.8 Å². The van der Waals surface area contributed by atoms with Crippen molar-refractivity contribution in [2.45, 2.75) is 19.8 Å². The Hall–Kier alpha value is -1.07. The van der Waals surface area contributed by atoms with E-state index in [0.717, 1.165) is 18.6 Å². The molecule has 0 bridgehead atoms. The van der Waals surface area contributed by atoms with Crippen molar-refractivity contribution in [3.05, 3.63) is 30.3 Å². The minimum Gasteiger partial charge on any atom is -0.493 e. The van der Waals surface area contributed by atoms with Gasteiger partial charge in [-0.15, -0.1) is 0 Å². The first-order chi connectivity index (χ1) is 9.12. The predicted molar refractivity (Wildman–Crippen MR) is 75.7 cm³/mol. The molecule has 0 amide bonds. The molecule has 0 N–H and O–H groups in total. The molecule has 19 heavy (non-hydrogen) atoms. The molecule has 1 aliphatic rings. The molecular weight excluding hydrogens is 262 g/mol. The largest absolute Gasteiger partial charge is 0.493 e. The molecule has 0 saturated carbocycles. The zero-order valence-corrected chi connectivity index (χ0v) is 12.1. The van der Waals surface area contributed by atoms with E-state index in [4.69, 9.17) is 4.74 Å². The van der Waals surface area contributed by atoms with E-state index in [1.165, 1.54) is 0 Å². The van der Waals surface area contributed by atoms with Crippen LogP contribution in [0.25, 0.3) is 0 Å². The summed E-state index contributed by atoms with van der Waals surface area (Å²) in [6.07, 6.45) is 1.95. The molecule has 1 aromatic rings. The Morgan fingerprint density at radius 2 is 2.05 bits per heavy atom. The number of benzene rings is 1. The topological polar surface area (TPSA) is 46.6 Å². The molecule has 1 heterocycles. The Balaban J connectivity index is 1.88. The van der Waals surface area contributed by atoms with Gasteiger partial charge in [-0.05, 0) is 31.9 Å². The van der Waals surface area contributed by atoms with Gasteiger partial charge in [0.1, 0.15) is 5.75 Å². The van der Waals surface area contributed by atoms with E-state index in [0.29, 0.717) is 19.7 Å². The lowest BCUT2D eigenvalue weighted by molar-refractivity contribution is 0.180. The van der Waals surface area contributed by atoms with E-state index in [-0.39, 0.29) is 11.7 Å². The molecule has 1 atom stereocenters. The third-order valence-electron chi connectivity index (χ3n) is 3.47. The normalized spacial score (nSPS) is 21.2. The summed E-state index contributed by atoms with van der Waals surface area (Å²) in [4.78, 5) is 0. The second-order valence-corrected chi connectivity index (χ2v) is 7.15. The zero-order chi connectivity index (χ0) is 13.7. The van der Waals surface area contributed by atoms with Gasteiger partial charge < -0.3 is 4.74 Å². The summed E-state index contributed by atoms with van der Waals surface area (Å²) in [6, 6.07) is 9.66. The van der Waals surface area contributed by atoms with Gasteiger partial charge in [0.25, 0.3) is 0 Å². The fourth-order valence-corrected chi connectivity index (χ4v) is 3.54. The van der Waals surface area contributed by atoms with Crippen LogP contribution in [-0.2, 0) is 10.0 Å². The number of ether oxygens (including phenoxy) is 1. The van der Waals surface area contributed by atoms with Crippen LogP contribution in [0.4, 0.5) is 0 Å². The maximum atomic E-state index is 11.9. The van der Waals surface area contributed by atoms with Crippen molar-refractivity contribution in [3.63, 3.8) is 0 Å². The highest BCUT2D eigenvalue weighted by atomic mass is 32.2. The summed E-state index contributed by atoms with van der Waals surface area (Å²) in [6.45, 7) is 3.51. The zero-order valence-electron chi connectivity index (χ0n) is 11.3. The van der Waals surface area contributed by atoms with E-state index in [9.17, 15) is 8.42 Å². The van der Waals surface area contributed by atoms with Gasteiger partial charge >= 0.3 is 0 Å². The molecule has 0 aromatic heterocycles. The van der Waals surface area contributed by atoms with Gasteiger partial charge in [0.05, 0.1) is 12.4 Å². The summed E-state index contributed by atoms with van der Waals surface area (Å²) in [7, 11) is -3.06. The van der Waals surface area contributed by atoms with Gasteiger partial charge in [-0.25, -0.2) is 12.7 Å². The van der Waals surface area contributed by atoms with Gasteiger partial charge in [0.2, 0.25) is 10.0 Å². The Labute approximate surface area is 115 Å². The number of hydrogen-bond donors (Lipinski definition) is 0. The molecule has 2 rings (SSSR count). The summed E-state index contributed by atoms with van der Waals surface area (Å²) >= 11 is 0. The summed E-state index contributed by atoms with van der Waals surface area (Å²) in [5, 5.41) is 0. The molecule has 106 valence electrons. The highest BCUT2D eigenvalue weighted by Crippen LogP contribution is 2.20. The molecule has 1 aliphatic heterocycles. The van der Waals surface area contributed by atoms with Crippen molar-refractivity contribution in [3.8, 4) is 5.75 Å². The molecule has 5 heteroatoms. The van der Waals surface area contributed by atoms with Crippen LogP contribution in [0.5, 0.6) is 5.75 Å². The lowest BCUT2D eigenvalue weighted by Gasteiger charge is -2.31. The lowest BCUT2D eigenvalue weighted by atomic mass is 10.0. The van der Waals surface area contributed by atoms with Gasteiger partial charge in [-0.1, -0.05) is 18.2 Å². The Bertz CT molecular complexity index is 487. The SMILES string of the molecule is CCS(=O)(=O)N1CCC[C@H](COc2ccccc2)C1. The van der Waals surface area contributed by atoms with Crippen LogP contribution in [-0.4, -0.2) is 38.2 Å². The van der Waals surface area contributed by atoms with Crippen LogP contribution in [0.2, 0.25) is 0 Å². The second-order valence-electron chi connectivity index (χ2n) is 4.89. The number of hydrogen-bond acceptors (Lipinski definition) is 3. The maximum absolute atomic E-state index is 11.9. The Kier molecular flexibility index (Phi) is 4.82. The second kappa shape index (κ2) is 6.39. The van der Waals surface area contributed by atoms with Crippen LogP contribution in [0, 0.1) is 5.92 Å². The predicted octanol–water partition coefficient (Wildman–Crippen LogP) is 2.13. The van der Waals surface area contributed by atoms with E-state index in [2.05, 4.69) is 0 Å². The molecule has 0 unspecified atom stereocenters. The van der Waals surface area contributed by atoms with Gasteiger partial charge in [0.15, 0.2) is 0 Å². The molecule has 0 spiro atoms. The molecule has 0 radical (unpaired) electrons. The monoisotopic (exact) mass is 283 g/mol. The van der Waals surface area contributed by atoms with E-state index in [1.54, 1.807) is 11.2 Å². The van der Waals surface area contributed by atoms with Crippen molar-refractivity contribution >= 4 is 10.0 Å². The molecule has 4 nitrogen and oxygen atoms in total. The first-order valence-corrected chi connectivity index (χ1v) is 8.38. The van der Waals surface area contributed by atoms with Crippen LogP contribution >= 0.6 is 0 Å². The lowest BCUT2D eigenvalue weighted by Crippen LogP contribution is -2.42. The average molecular weight is 283 g/mol. The molecule has 1 fully saturated rings. The third-order valence-corrected chi connectivity index (χ3v) is 5.32. The van der Waals surface area contributed by atoms with Gasteiger partial charge in [0, 0.05) is 19.0 Å². The van der Waals surface area contributed by atoms with Crippen LogP contribution < -0.4 is 4.74 Å². The smallest absolute Gasteiger partial charge is 0.213 e. The van der Waals surface area contributed by atoms with Crippen molar-refractivity contribution in [1.82, 2.24) is 4.31 Å². The quantitative estimate of drug-likeness (QED) is 0.831. The first kappa shape index (κ1) is 14.3. The van der Waals surface area contributed by atoms with Gasteiger partial charge in [-0.2, -0.15) is 0 Å². The van der Waals surface area contributed by atoms with Crippen LogP contribution in [0.3, 0.4) is 0 Å². The molecule has 1 saturated heterocycles.